The first-order valence-corrected chi connectivity index (χ1v) is 8.86. The minimum absolute atomic E-state index is 0.257. The van der Waals surface area contributed by atoms with E-state index in [1.54, 1.807) is 12.1 Å². The summed E-state index contributed by atoms with van der Waals surface area (Å²) >= 11 is 0. The second-order valence-electron chi connectivity index (χ2n) is 6.33. The lowest BCUT2D eigenvalue weighted by Gasteiger charge is -2.26. The highest BCUT2D eigenvalue weighted by molar-refractivity contribution is 5.99. The molecule has 5 nitrogen and oxygen atoms in total. The molecule has 134 valence electrons. The number of hydrogen-bond donors (Lipinski definition) is 1. The average molecular weight is 352 g/mol. The first-order valence-electron chi connectivity index (χ1n) is 8.86. The summed E-state index contributed by atoms with van der Waals surface area (Å²) in [5.74, 6) is 0.520. The highest BCUT2D eigenvalue weighted by Crippen LogP contribution is 2.29. The normalized spacial score (nSPS) is 15.3. The molecule has 0 unspecified atom stereocenters. The summed E-state index contributed by atoms with van der Waals surface area (Å²) in [4.78, 5) is 2.37. The highest BCUT2D eigenvalue weighted by atomic mass is 19.1. The Morgan fingerprint density at radius 3 is 2.46 bits per heavy atom. The van der Waals surface area contributed by atoms with Crippen LogP contribution < -0.4 is 5.32 Å². The van der Waals surface area contributed by atoms with Crippen molar-refractivity contribution in [1.29, 1.82) is 0 Å². The van der Waals surface area contributed by atoms with Gasteiger partial charge in [-0.25, -0.2) is 4.39 Å². The van der Waals surface area contributed by atoms with E-state index in [0.29, 0.717) is 0 Å². The Hall–Kier alpha value is -2.57. The van der Waals surface area contributed by atoms with Gasteiger partial charge in [0.1, 0.15) is 11.5 Å². The largest absolute Gasteiger partial charge is 0.379 e. The van der Waals surface area contributed by atoms with Gasteiger partial charge in [-0.15, -0.1) is 10.2 Å². The van der Waals surface area contributed by atoms with Crippen LogP contribution in [-0.2, 0) is 4.74 Å². The van der Waals surface area contributed by atoms with E-state index in [0.717, 1.165) is 67.2 Å². The number of rotatable bonds is 5. The third kappa shape index (κ3) is 3.66. The molecule has 2 heterocycles. The van der Waals surface area contributed by atoms with Crippen molar-refractivity contribution >= 4 is 16.6 Å². The zero-order valence-corrected chi connectivity index (χ0v) is 14.5. The van der Waals surface area contributed by atoms with E-state index in [2.05, 4.69) is 20.4 Å². The van der Waals surface area contributed by atoms with Gasteiger partial charge in [0.25, 0.3) is 0 Å². The number of ether oxygens (including phenoxy) is 1. The predicted octanol–water partition coefficient (Wildman–Crippen LogP) is 3.18. The fraction of sp³-hybridized carbons (Fsp3) is 0.300. The topological polar surface area (TPSA) is 50.3 Å². The lowest BCUT2D eigenvalue weighted by molar-refractivity contribution is 0.0398. The molecular weight excluding hydrogens is 331 g/mol. The lowest BCUT2D eigenvalue weighted by atomic mass is 10.0. The van der Waals surface area contributed by atoms with Crippen molar-refractivity contribution in [2.75, 3.05) is 44.7 Å². The molecule has 1 saturated heterocycles. The van der Waals surface area contributed by atoms with Gasteiger partial charge < -0.3 is 10.1 Å². The number of nitrogens with one attached hydrogen (secondary N) is 1. The van der Waals surface area contributed by atoms with Gasteiger partial charge in [0.15, 0.2) is 5.82 Å². The zero-order valence-electron chi connectivity index (χ0n) is 14.5. The number of morpholine rings is 1. The molecule has 0 atom stereocenters. The monoisotopic (exact) mass is 352 g/mol. The van der Waals surface area contributed by atoms with Crippen LogP contribution >= 0.6 is 0 Å². The maximum absolute atomic E-state index is 13.2. The van der Waals surface area contributed by atoms with E-state index in [9.17, 15) is 4.39 Å². The third-order valence-electron chi connectivity index (χ3n) is 4.63. The smallest absolute Gasteiger partial charge is 0.156 e. The molecule has 0 radical (unpaired) electrons. The number of hydrogen-bond acceptors (Lipinski definition) is 5. The number of halogens is 1. The van der Waals surface area contributed by atoms with Gasteiger partial charge in [-0.3, -0.25) is 4.90 Å². The fourth-order valence-corrected chi connectivity index (χ4v) is 3.21. The summed E-state index contributed by atoms with van der Waals surface area (Å²) < 4.78 is 18.6. The van der Waals surface area contributed by atoms with Crippen molar-refractivity contribution in [3.63, 3.8) is 0 Å². The standard InChI is InChI=1S/C20H21FN4O/c21-16-7-5-15(6-8-16)19-17-3-1-2-4-18(17)20(24-23-19)22-9-10-25-11-13-26-14-12-25/h1-8H,9-14H2,(H,22,24). The minimum Gasteiger partial charge on any atom is -0.379 e. The molecule has 0 bridgehead atoms. The van der Waals surface area contributed by atoms with Crippen LogP contribution in [0, 0.1) is 5.82 Å². The highest BCUT2D eigenvalue weighted by Gasteiger charge is 2.12. The molecule has 3 aromatic rings. The van der Waals surface area contributed by atoms with Crippen LogP contribution in [0.5, 0.6) is 0 Å². The molecular formula is C20H21FN4O. The second kappa shape index (κ2) is 7.76. The summed E-state index contributed by atoms with van der Waals surface area (Å²) in [6.07, 6.45) is 0. The summed E-state index contributed by atoms with van der Waals surface area (Å²) in [5, 5.41) is 14.2. The molecule has 0 aliphatic carbocycles. The number of anilines is 1. The molecule has 0 amide bonds. The van der Waals surface area contributed by atoms with Crippen LogP contribution in [0.25, 0.3) is 22.0 Å². The van der Waals surface area contributed by atoms with Gasteiger partial charge in [0.2, 0.25) is 0 Å². The van der Waals surface area contributed by atoms with Crippen LogP contribution in [0.4, 0.5) is 10.2 Å². The Bertz CT molecular complexity index is 879. The van der Waals surface area contributed by atoms with Crippen LogP contribution in [0.1, 0.15) is 0 Å². The molecule has 1 aromatic heterocycles. The van der Waals surface area contributed by atoms with Crippen LogP contribution in [0.2, 0.25) is 0 Å². The van der Waals surface area contributed by atoms with E-state index in [-0.39, 0.29) is 5.82 Å². The summed E-state index contributed by atoms with van der Waals surface area (Å²) in [6.45, 7) is 5.28. The summed E-state index contributed by atoms with van der Waals surface area (Å²) in [5.41, 5.74) is 1.62. The molecule has 1 N–H and O–H groups in total. The molecule has 6 heteroatoms. The Morgan fingerprint density at radius 1 is 0.962 bits per heavy atom. The first-order chi connectivity index (χ1) is 12.8. The van der Waals surface area contributed by atoms with Gasteiger partial charge in [-0.1, -0.05) is 24.3 Å². The van der Waals surface area contributed by atoms with E-state index in [4.69, 9.17) is 4.74 Å². The van der Waals surface area contributed by atoms with Crippen molar-refractivity contribution in [3.05, 3.63) is 54.3 Å². The van der Waals surface area contributed by atoms with Crippen molar-refractivity contribution in [2.45, 2.75) is 0 Å². The van der Waals surface area contributed by atoms with E-state index in [1.807, 2.05) is 24.3 Å². The summed E-state index contributed by atoms with van der Waals surface area (Å²) in [6, 6.07) is 14.4. The molecule has 0 spiro atoms. The SMILES string of the molecule is Fc1ccc(-c2nnc(NCCN3CCOCC3)c3ccccc23)cc1. The van der Waals surface area contributed by atoms with Crippen molar-refractivity contribution < 1.29 is 9.13 Å². The van der Waals surface area contributed by atoms with Crippen LogP contribution in [-0.4, -0.2) is 54.5 Å². The molecule has 2 aromatic carbocycles. The first kappa shape index (κ1) is 16.9. The number of aromatic nitrogens is 2. The van der Waals surface area contributed by atoms with Crippen LogP contribution in [0.3, 0.4) is 0 Å². The van der Waals surface area contributed by atoms with Gasteiger partial charge in [-0.05, 0) is 24.3 Å². The van der Waals surface area contributed by atoms with E-state index >= 15 is 0 Å². The van der Waals surface area contributed by atoms with Crippen molar-refractivity contribution in [1.82, 2.24) is 15.1 Å². The van der Waals surface area contributed by atoms with Gasteiger partial charge >= 0.3 is 0 Å². The molecule has 4 rings (SSSR count). The van der Waals surface area contributed by atoms with E-state index in [1.165, 1.54) is 12.1 Å². The summed E-state index contributed by atoms with van der Waals surface area (Å²) in [7, 11) is 0. The van der Waals surface area contributed by atoms with Gasteiger partial charge in [-0.2, -0.15) is 0 Å². The lowest BCUT2D eigenvalue weighted by Crippen LogP contribution is -2.39. The molecule has 1 aliphatic rings. The maximum atomic E-state index is 13.2. The maximum Gasteiger partial charge on any atom is 0.156 e. The quantitative estimate of drug-likeness (QED) is 0.764. The minimum atomic E-state index is -0.257. The number of nitrogens with zero attached hydrogens (tertiary/aromatic N) is 3. The average Bonchev–Trinajstić information content (AvgIpc) is 2.70. The van der Waals surface area contributed by atoms with E-state index < -0.39 is 0 Å². The van der Waals surface area contributed by atoms with Gasteiger partial charge in [0.05, 0.1) is 13.2 Å². The van der Waals surface area contributed by atoms with Crippen LogP contribution in [0.15, 0.2) is 48.5 Å². The predicted molar refractivity (Wildman–Crippen MR) is 101 cm³/mol. The molecule has 26 heavy (non-hydrogen) atoms. The Balaban J connectivity index is 1.56. The molecule has 1 fully saturated rings. The number of fused-ring (bicyclic) bond motifs is 1. The third-order valence-corrected chi connectivity index (χ3v) is 4.63. The number of benzene rings is 2. The zero-order chi connectivity index (χ0) is 17.8. The Kier molecular flexibility index (Phi) is 5.04. The fourth-order valence-electron chi connectivity index (χ4n) is 3.21. The molecule has 0 saturated carbocycles. The molecule has 1 aliphatic heterocycles. The van der Waals surface area contributed by atoms with Crippen molar-refractivity contribution in [3.8, 4) is 11.3 Å². The van der Waals surface area contributed by atoms with Crippen molar-refractivity contribution in [2.24, 2.45) is 0 Å². The van der Waals surface area contributed by atoms with Gasteiger partial charge in [0, 0.05) is 42.5 Å². The Labute approximate surface area is 151 Å². The Morgan fingerprint density at radius 2 is 1.69 bits per heavy atom. The second-order valence-corrected chi connectivity index (χ2v) is 6.33.